The van der Waals surface area contributed by atoms with Crippen LogP contribution in [0, 0.1) is 5.92 Å². The Bertz CT molecular complexity index is 602. The second-order valence-corrected chi connectivity index (χ2v) is 6.19. The average Bonchev–Trinajstić information content (AvgIpc) is 3.24. The van der Waals surface area contributed by atoms with Crippen LogP contribution in [0.25, 0.3) is 11.3 Å². The number of nitrogens with one attached hydrogen (secondary N) is 2. The van der Waals surface area contributed by atoms with Crippen LogP contribution in [0.3, 0.4) is 0 Å². The van der Waals surface area contributed by atoms with Gasteiger partial charge < -0.3 is 10.6 Å². The number of nitrogens with zero attached hydrogens (tertiary/aromatic N) is 2. The van der Waals surface area contributed by atoms with Crippen molar-refractivity contribution in [3.8, 4) is 11.3 Å². The summed E-state index contributed by atoms with van der Waals surface area (Å²) >= 11 is 1.68. The van der Waals surface area contributed by atoms with E-state index in [-0.39, 0.29) is 0 Å². The molecule has 0 amide bonds. The van der Waals surface area contributed by atoms with Crippen molar-refractivity contribution >= 4 is 17.3 Å². The first kappa shape index (κ1) is 14.1. The topological polar surface area (TPSA) is 49.3 Å². The van der Waals surface area contributed by atoms with Gasteiger partial charge >= 0.3 is 0 Å². The van der Waals surface area contributed by atoms with Crippen LogP contribution in [0.1, 0.15) is 17.8 Å². The van der Waals surface area contributed by atoms with E-state index in [9.17, 15) is 0 Å². The van der Waals surface area contributed by atoms with E-state index in [1.807, 2.05) is 18.2 Å². The summed E-state index contributed by atoms with van der Waals surface area (Å²) in [6.07, 6.45) is 2.69. The summed E-state index contributed by atoms with van der Waals surface area (Å²) in [5, 5.41) is 9.85. The minimum Gasteiger partial charge on any atom is -0.356 e. The first-order valence-electron chi connectivity index (χ1n) is 7.29. The average molecular weight is 300 g/mol. The Labute approximate surface area is 129 Å². The van der Waals surface area contributed by atoms with Crippen molar-refractivity contribution in [2.24, 2.45) is 10.9 Å². The van der Waals surface area contributed by atoms with Gasteiger partial charge in [-0.05, 0) is 18.8 Å². The van der Waals surface area contributed by atoms with E-state index < -0.39 is 0 Å². The molecule has 0 spiro atoms. The highest BCUT2D eigenvalue weighted by molar-refractivity contribution is 7.09. The van der Waals surface area contributed by atoms with E-state index in [1.165, 1.54) is 12.8 Å². The summed E-state index contributed by atoms with van der Waals surface area (Å²) in [5.74, 6) is 1.70. The molecule has 4 nitrogen and oxygen atoms in total. The molecule has 1 heterocycles. The maximum absolute atomic E-state index is 4.67. The fraction of sp³-hybridized carbons (Fsp3) is 0.375. The number of benzene rings is 1. The van der Waals surface area contributed by atoms with Gasteiger partial charge in [0.2, 0.25) is 0 Å². The van der Waals surface area contributed by atoms with Crippen LogP contribution in [0.5, 0.6) is 0 Å². The molecule has 0 atom stereocenters. The Hall–Kier alpha value is -1.88. The minimum absolute atomic E-state index is 0.710. The molecular formula is C16H20N4S. The van der Waals surface area contributed by atoms with Crippen LogP contribution in [-0.4, -0.2) is 24.5 Å². The first-order chi connectivity index (χ1) is 10.3. The van der Waals surface area contributed by atoms with Gasteiger partial charge in [0, 0.05) is 24.5 Å². The molecule has 1 aliphatic carbocycles. The van der Waals surface area contributed by atoms with Gasteiger partial charge in [-0.1, -0.05) is 30.3 Å². The zero-order valence-electron chi connectivity index (χ0n) is 12.2. The summed E-state index contributed by atoms with van der Waals surface area (Å²) in [6, 6.07) is 10.3. The lowest BCUT2D eigenvalue weighted by atomic mass is 10.2. The van der Waals surface area contributed by atoms with Crippen LogP contribution >= 0.6 is 11.3 Å². The molecule has 110 valence electrons. The number of hydrogen-bond donors (Lipinski definition) is 2. The molecule has 0 aliphatic heterocycles. The lowest BCUT2D eigenvalue weighted by Gasteiger charge is -2.09. The molecule has 2 aromatic rings. The van der Waals surface area contributed by atoms with Gasteiger partial charge in [0.25, 0.3) is 0 Å². The van der Waals surface area contributed by atoms with Crippen LogP contribution < -0.4 is 10.6 Å². The first-order valence-corrected chi connectivity index (χ1v) is 8.17. The predicted octanol–water partition coefficient (Wildman–Crippen LogP) is 2.89. The normalized spacial score (nSPS) is 15.0. The molecule has 1 aromatic carbocycles. The number of aromatic nitrogens is 1. The molecule has 0 saturated heterocycles. The van der Waals surface area contributed by atoms with Gasteiger partial charge in [0.05, 0.1) is 12.2 Å². The molecular weight excluding hydrogens is 280 g/mol. The van der Waals surface area contributed by atoms with Crippen LogP contribution in [-0.2, 0) is 6.54 Å². The van der Waals surface area contributed by atoms with E-state index in [0.717, 1.165) is 34.7 Å². The molecule has 0 unspecified atom stereocenters. The third kappa shape index (κ3) is 4.04. The maximum Gasteiger partial charge on any atom is 0.191 e. The molecule has 2 N–H and O–H groups in total. The molecule has 1 aliphatic rings. The monoisotopic (exact) mass is 300 g/mol. The van der Waals surface area contributed by atoms with E-state index in [0.29, 0.717) is 6.54 Å². The van der Waals surface area contributed by atoms with Crippen molar-refractivity contribution in [1.82, 2.24) is 15.6 Å². The van der Waals surface area contributed by atoms with Crippen LogP contribution in [0.4, 0.5) is 0 Å². The Balaban J connectivity index is 1.54. The zero-order valence-corrected chi connectivity index (χ0v) is 13.0. The minimum atomic E-state index is 0.710. The third-order valence-corrected chi connectivity index (χ3v) is 4.36. The van der Waals surface area contributed by atoms with E-state index in [4.69, 9.17) is 0 Å². The van der Waals surface area contributed by atoms with Gasteiger partial charge in [0.15, 0.2) is 5.96 Å². The maximum atomic E-state index is 4.67. The van der Waals surface area contributed by atoms with E-state index >= 15 is 0 Å². The highest BCUT2D eigenvalue weighted by Gasteiger charge is 2.21. The second-order valence-electron chi connectivity index (χ2n) is 5.24. The number of guanidine groups is 1. The third-order valence-electron chi connectivity index (χ3n) is 3.51. The van der Waals surface area contributed by atoms with Crippen LogP contribution in [0.2, 0.25) is 0 Å². The van der Waals surface area contributed by atoms with Gasteiger partial charge in [-0.15, -0.1) is 11.3 Å². The van der Waals surface area contributed by atoms with Gasteiger partial charge in [-0.25, -0.2) is 4.98 Å². The highest BCUT2D eigenvalue weighted by Crippen LogP contribution is 2.27. The number of aliphatic imine (C=N–C) groups is 1. The SMILES string of the molecule is CN=C(NCc1nc(-c2ccccc2)cs1)NCC1CC1. The number of thiazole rings is 1. The van der Waals surface area contributed by atoms with Crippen molar-refractivity contribution in [2.45, 2.75) is 19.4 Å². The van der Waals surface area contributed by atoms with Crippen molar-refractivity contribution in [3.63, 3.8) is 0 Å². The number of rotatable bonds is 5. The van der Waals surface area contributed by atoms with Gasteiger partial charge in [-0.3, -0.25) is 4.99 Å². The van der Waals surface area contributed by atoms with Crippen molar-refractivity contribution in [3.05, 3.63) is 40.7 Å². The molecule has 0 bridgehead atoms. The Morgan fingerprint density at radius 1 is 1.29 bits per heavy atom. The van der Waals surface area contributed by atoms with Crippen molar-refractivity contribution in [1.29, 1.82) is 0 Å². The van der Waals surface area contributed by atoms with Crippen LogP contribution in [0.15, 0.2) is 40.7 Å². The van der Waals surface area contributed by atoms with Gasteiger partial charge in [0.1, 0.15) is 5.01 Å². The van der Waals surface area contributed by atoms with Crippen molar-refractivity contribution < 1.29 is 0 Å². The Morgan fingerprint density at radius 3 is 2.81 bits per heavy atom. The molecule has 1 aromatic heterocycles. The summed E-state index contributed by atoms with van der Waals surface area (Å²) in [7, 11) is 1.81. The molecule has 5 heteroatoms. The summed E-state index contributed by atoms with van der Waals surface area (Å²) in [5.41, 5.74) is 2.20. The molecule has 1 fully saturated rings. The standard InChI is InChI=1S/C16H20N4S/c1-17-16(18-9-12-7-8-12)19-10-15-20-14(11-21-15)13-5-3-2-4-6-13/h2-6,11-12H,7-10H2,1H3,(H2,17,18,19). The largest absolute Gasteiger partial charge is 0.356 e. The van der Waals surface area contributed by atoms with E-state index in [2.05, 4.69) is 38.1 Å². The Kier molecular flexibility index (Phi) is 4.50. The Morgan fingerprint density at radius 2 is 2.10 bits per heavy atom. The lowest BCUT2D eigenvalue weighted by Crippen LogP contribution is -2.37. The lowest BCUT2D eigenvalue weighted by molar-refractivity contribution is 0.736. The van der Waals surface area contributed by atoms with Gasteiger partial charge in [-0.2, -0.15) is 0 Å². The summed E-state index contributed by atoms with van der Waals surface area (Å²) < 4.78 is 0. The second kappa shape index (κ2) is 6.72. The fourth-order valence-corrected chi connectivity index (χ4v) is 2.82. The molecule has 3 rings (SSSR count). The fourth-order valence-electron chi connectivity index (χ4n) is 2.08. The predicted molar refractivity (Wildman–Crippen MR) is 88.5 cm³/mol. The summed E-state index contributed by atoms with van der Waals surface area (Å²) in [4.78, 5) is 8.91. The van der Waals surface area contributed by atoms with Crippen molar-refractivity contribution in [2.75, 3.05) is 13.6 Å². The smallest absolute Gasteiger partial charge is 0.191 e. The molecule has 0 radical (unpaired) electrons. The molecule has 1 saturated carbocycles. The highest BCUT2D eigenvalue weighted by atomic mass is 32.1. The summed E-state index contributed by atoms with van der Waals surface area (Å²) in [6.45, 7) is 1.73. The zero-order chi connectivity index (χ0) is 14.5. The van der Waals surface area contributed by atoms with E-state index in [1.54, 1.807) is 18.4 Å². The molecule has 21 heavy (non-hydrogen) atoms. The quantitative estimate of drug-likeness (QED) is 0.659. The number of hydrogen-bond acceptors (Lipinski definition) is 3.